The lowest BCUT2D eigenvalue weighted by Crippen LogP contribution is -2.48. The van der Waals surface area contributed by atoms with Crippen LogP contribution in [0.15, 0.2) is 89.9 Å². The maximum absolute atomic E-state index is 13.6. The van der Waals surface area contributed by atoms with Gasteiger partial charge in [-0.1, -0.05) is 84.9 Å². The number of carboxylic acid groups (broad SMARTS) is 1. The van der Waals surface area contributed by atoms with Gasteiger partial charge in [-0.3, -0.25) is 14.6 Å². The summed E-state index contributed by atoms with van der Waals surface area (Å²) in [7, 11) is 0. The molecule has 0 bridgehead atoms. The van der Waals surface area contributed by atoms with Crippen LogP contribution in [0.2, 0.25) is 0 Å². The second kappa shape index (κ2) is 18.3. The number of hydrogen-bond acceptors (Lipinski definition) is 5. The van der Waals surface area contributed by atoms with E-state index >= 15 is 0 Å². The SMILES string of the molecule is NC(=O)NCc1ccc(CNC(=O)[C@H](CCCN=C(N)N)NC(=O)C(c2ccccc2)c2ccccc2)cc1.O=C(O)C(F)(F)F. The number of carboxylic acids is 1. The Labute approximate surface area is 263 Å². The van der Waals surface area contributed by atoms with Gasteiger partial charge in [-0.15, -0.1) is 0 Å². The van der Waals surface area contributed by atoms with Crippen LogP contribution in [0.25, 0.3) is 0 Å². The number of carbonyl (C=O) groups excluding carboxylic acids is 3. The molecule has 0 aliphatic carbocycles. The van der Waals surface area contributed by atoms with Gasteiger partial charge in [0.15, 0.2) is 5.96 Å². The molecular formula is C31H36F3N7O5. The lowest BCUT2D eigenvalue weighted by Gasteiger charge is -2.23. The molecule has 3 rings (SSSR count). The minimum atomic E-state index is -5.08. The van der Waals surface area contributed by atoms with Crippen molar-refractivity contribution in [2.45, 2.75) is 44.1 Å². The van der Waals surface area contributed by atoms with E-state index in [1.807, 2.05) is 84.9 Å². The molecule has 3 aromatic rings. The predicted molar refractivity (Wildman–Crippen MR) is 165 cm³/mol. The fourth-order valence-electron chi connectivity index (χ4n) is 4.09. The van der Waals surface area contributed by atoms with Gasteiger partial charge in [0.25, 0.3) is 0 Å². The number of nitrogens with zero attached hydrogens (tertiary/aromatic N) is 1. The summed E-state index contributed by atoms with van der Waals surface area (Å²) in [4.78, 5) is 50.7. The van der Waals surface area contributed by atoms with Gasteiger partial charge in [0.1, 0.15) is 6.04 Å². The molecule has 0 spiro atoms. The Morgan fingerprint density at radius 1 is 0.739 bits per heavy atom. The minimum Gasteiger partial charge on any atom is -0.475 e. The number of primary amides is 1. The summed E-state index contributed by atoms with van der Waals surface area (Å²) in [6, 6.07) is 24.9. The van der Waals surface area contributed by atoms with Gasteiger partial charge in [-0.05, 0) is 35.1 Å². The van der Waals surface area contributed by atoms with Crippen LogP contribution in [0.3, 0.4) is 0 Å². The second-order valence-electron chi connectivity index (χ2n) is 9.82. The van der Waals surface area contributed by atoms with Gasteiger partial charge in [-0.2, -0.15) is 13.2 Å². The van der Waals surface area contributed by atoms with Crippen molar-refractivity contribution in [3.63, 3.8) is 0 Å². The molecule has 12 nitrogen and oxygen atoms in total. The maximum Gasteiger partial charge on any atom is 0.490 e. The van der Waals surface area contributed by atoms with Gasteiger partial charge in [0.2, 0.25) is 11.8 Å². The fourth-order valence-corrected chi connectivity index (χ4v) is 4.09. The van der Waals surface area contributed by atoms with E-state index < -0.39 is 30.1 Å². The normalized spacial score (nSPS) is 11.3. The van der Waals surface area contributed by atoms with E-state index in [1.54, 1.807) is 0 Å². The third kappa shape index (κ3) is 13.4. The van der Waals surface area contributed by atoms with Crippen molar-refractivity contribution in [2.75, 3.05) is 6.54 Å². The topological polar surface area (TPSA) is 215 Å². The number of aliphatic imine (C=N–C) groups is 1. The molecule has 0 aliphatic heterocycles. The Bertz CT molecular complexity index is 1410. The number of guanidine groups is 1. The quantitative estimate of drug-likeness (QED) is 0.0838. The molecule has 0 radical (unpaired) electrons. The van der Waals surface area contributed by atoms with Crippen LogP contribution < -0.4 is 33.2 Å². The van der Waals surface area contributed by atoms with E-state index in [-0.39, 0.29) is 24.3 Å². The second-order valence-corrected chi connectivity index (χ2v) is 9.82. The molecule has 0 unspecified atom stereocenters. The van der Waals surface area contributed by atoms with Crippen LogP contribution >= 0.6 is 0 Å². The fraction of sp³-hybridized carbons (Fsp3) is 0.258. The first-order valence-corrected chi connectivity index (χ1v) is 13.9. The molecule has 3 aromatic carbocycles. The minimum absolute atomic E-state index is 0.0252. The number of carbonyl (C=O) groups is 4. The molecule has 1 atom stereocenters. The molecule has 46 heavy (non-hydrogen) atoms. The maximum atomic E-state index is 13.6. The monoisotopic (exact) mass is 643 g/mol. The standard InChI is InChI=1S/C29H35N7O3.C2HF3O2/c30-28(31)33-17-7-12-24(26(37)34-18-20-13-15-21(16-14-20)19-35-29(32)39)36-27(38)25(22-8-3-1-4-9-22)23-10-5-2-6-11-23;3-2(4,5)1(6)7/h1-6,8-11,13-16,24-25H,7,12,17-19H2,(H,34,37)(H,36,38)(H4,30,31,33)(H3,32,35,39);(H,6,7)/t24-;/m0./s1. The molecule has 4 amide bonds. The molecule has 0 saturated heterocycles. The van der Waals surface area contributed by atoms with E-state index in [9.17, 15) is 27.6 Å². The molecule has 0 heterocycles. The first kappa shape index (κ1) is 36.6. The molecule has 10 N–H and O–H groups in total. The van der Waals surface area contributed by atoms with E-state index in [0.717, 1.165) is 22.3 Å². The highest BCUT2D eigenvalue weighted by atomic mass is 19.4. The Kier molecular flexibility index (Phi) is 14.5. The van der Waals surface area contributed by atoms with Crippen molar-refractivity contribution in [1.29, 1.82) is 0 Å². The smallest absolute Gasteiger partial charge is 0.475 e. The summed E-state index contributed by atoms with van der Waals surface area (Å²) >= 11 is 0. The Morgan fingerprint density at radius 3 is 1.61 bits per heavy atom. The number of nitrogens with one attached hydrogen (secondary N) is 3. The largest absolute Gasteiger partial charge is 0.490 e. The molecule has 0 fully saturated rings. The van der Waals surface area contributed by atoms with Gasteiger partial charge in [0.05, 0.1) is 5.92 Å². The number of aliphatic carboxylic acids is 1. The molecule has 0 aromatic heterocycles. The average Bonchev–Trinajstić information content (AvgIpc) is 3.01. The Hall–Kier alpha value is -5.60. The lowest BCUT2D eigenvalue weighted by molar-refractivity contribution is -0.192. The van der Waals surface area contributed by atoms with Crippen molar-refractivity contribution in [3.05, 3.63) is 107 Å². The zero-order valence-corrected chi connectivity index (χ0v) is 24.7. The third-order valence-corrected chi connectivity index (χ3v) is 6.31. The number of alkyl halides is 3. The zero-order chi connectivity index (χ0) is 34.1. The van der Waals surface area contributed by atoms with E-state index in [0.29, 0.717) is 25.9 Å². The van der Waals surface area contributed by atoms with Crippen molar-refractivity contribution < 1.29 is 37.5 Å². The van der Waals surface area contributed by atoms with Crippen LogP contribution in [0.4, 0.5) is 18.0 Å². The number of halogens is 3. The summed E-state index contributed by atoms with van der Waals surface area (Å²) < 4.78 is 31.7. The van der Waals surface area contributed by atoms with E-state index in [2.05, 4.69) is 20.9 Å². The highest BCUT2D eigenvalue weighted by molar-refractivity contribution is 5.92. The number of nitrogens with two attached hydrogens (primary N) is 3. The van der Waals surface area contributed by atoms with Gasteiger partial charge in [0, 0.05) is 19.6 Å². The number of rotatable bonds is 13. The van der Waals surface area contributed by atoms with Crippen LogP contribution in [-0.2, 0) is 27.5 Å². The van der Waals surface area contributed by atoms with Gasteiger partial charge in [-0.25, -0.2) is 9.59 Å². The van der Waals surface area contributed by atoms with Crippen LogP contribution in [0.5, 0.6) is 0 Å². The van der Waals surface area contributed by atoms with Gasteiger partial charge < -0.3 is 38.3 Å². The van der Waals surface area contributed by atoms with E-state index in [1.165, 1.54) is 0 Å². The lowest BCUT2D eigenvalue weighted by atomic mass is 9.90. The summed E-state index contributed by atoms with van der Waals surface area (Å²) in [5.41, 5.74) is 19.4. The molecule has 246 valence electrons. The van der Waals surface area contributed by atoms with Crippen LogP contribution in [-0.4, -0.2) is 53.6 Å². The van der Waals surface area contributed by atoms with E-state index in [4.69, 9.17) is 27.1 Å². The molecule has 0 aliphatic rings. The summed E-state index contributed by atoms with van der Waals surface area (Å²) in [5, 5.41) is 15.5. The van der Waals surface area contributed by atoms with Crippen molar-refractivity contribution in [2.24, 2.45) is 22.2 Å². The van der Waals surface area contributed by atoms with Crippen molar-refractivity contribution >= 4 is 29.8 Å². The highest BCUT2D eigenvalue weighted by Gasteiger charge is 2.38. The Morgan fingerprint density at radius 2 is 1.20 bits per heavy atom. The number of hydrogen-bond donors (Lipinski definition) is 7. The molecule has 15 heteroatoms. The van der Waals surface area contributed by atoms with Crippen LogP contribution in [0, 0.1) is 0 Å². The van der Waals surface area contributed by atoms with Crippen LogP contribution in [0.1, 0.15) is 41.0 Å². The number of urea groups is 1. The Balaban J connectivity index is 0.000000942. The van der Waals surface area contributed by atoms with Gasteiger partial charge >= 0.3 is 18.2 Å². The summed E-state index contributed by atoms with van der Waals surface area (Å²) in [6.45, 7) is 0.920. The third-order valence-electron chi connectivity index (χ3n) is 6.31. The number of amides is 4. The molecule has 0 saturated carbocycles. The summed E-state index contributed by atoms with van der Waals surface area (Å²) in [6.07, 6.45) is -4.23. The zero-order valence-electron chi connectivity index (χ0n) is 24.7. The highest BCUT2D eigenvalue weighted by Crippen LogP contribution is 2.25. The van der Waals surface area contributed by atoms with Crippen molar-refractivity contribution in [1.82, 2.24) is 16.0 Å². The predicted octanol–water partition coefficient (Wildman–Crippen LogP) is 2.47. The molecular weight excluding hydrogens is 607 g/mol. The summed E-state index contributed by atoms with van der Waals surface area (Å²) in [5.74, 6) is -3.95. The first-order valence-electron chi connectivity index (χ1n) is 13.9. The van der Waals surface area contributed by atoms with Crippen molar-refractivity contribution in [3.8, 4) is 0 Å². The first-order chi connectivity index (χ1) is 21.8. The number of benzene rings is 3. The average molecular weight is 644 g/mol.